The number of rotatable bonds is 6. The lowest BCUT2D eigenvalue weighted by atomic mass is 10.1. The van der Waals surface area contributed by atoms with Crippen molar-refractivity contribution < 1.29 is 27.2 Å². The number of hydrogen-bond donors (Lipinski definition) is 1. The van der Waals surface area contributed by atoms with Gasteiger partial charge in [-0.3, -0.25) is 9.59 Å². The molecule has 1 fully saturated rings. The molecule has 0 radical (unpaired) electrons. The normalized spacial score (nSPS) is 16.8. The topological polar surface area (TPSA) is 55.9 Å². The molecule has 1 N–H and O–H groups in total. The highest BCUT2D eigenvalue weighted by atomic mass is 19.4. The van der Waals surface area contributed by atoms with Gasteiger partial charge in [0.05, 0.1) is 5.56 Å². The Labute approximate surface area is 246 Å². The molecule has 0 aromatic heterocycles. The van der Waals surface area contributed by atoms with Crippen LogP contribution in [0.15, 0.2) is 97.1 Å². The van der Waals surface area contributed by atoms with Crippen LogP contribution in [0.25, 0.3) is 0 Å². The predicted octanol–water partition coefficient (Wildman–Crippen LogP) is 6.57. The molecule has 220 valence electrons. The van der Waals surface area contributed by atoms with E-state index in [9.17, 15) is 27.2 Å². The van der Waals surface area contributed by atoms with Gasteiger partial charge in [-0.15, -0.1) is 0 Å². The molecule has 1 saturated heterocycles. The highest BCUT2D eigenvalue weighted by Gasteiger charge is 2.37. The summed E-state index contributed by atoms with van der Waals surface area (Å²) in [4.78, 5) is 32.0. The van der Waals surface area contributed by atoms with Crippen molar-refractivity contribution in [2.75, 3.05) is 36.4 Å². The van der Waals surface area contributed by atoms with E-state index in [1.165, 1.54) is 18.2 Å². The van der Waals surface area contributed by atoms with Gasteiger partial charge in [-0.1, -0.05) is 42.5 Å². The van der Waals surface area contributed by atoms with Gasteiger partial charge in [0.15, 0.2) is 0 Å². The maximum atomic E-state index is 13.5. The molecular formula is C33H28F4N4O2. The second-order valence-electron chi connectivity index (χ2n) is 10.6. The number of alkyl halides is 3. The van der Waals surface area contributed by atoms with E-state index in [0.717, 1.165) is 23.3 Å². The van der Waals surface area contributed by atoms with Gasteiger partial charge in [-0.25, -0.2) is 4.39 Å². The predicted molar refractivity (Wildman–Crippen MR) is 155 cm³/mol. The molecule has 4 aromatic rings. The minimum atomic E-state index is -4.42. The maximum Gasteiger partial charge on any atom is 0.416 e. The van der Waals surface area contributed by atoms with Crippen molar-refractivity contribution in [1.29, 1.82) is 0 Å². The van der Waals surface area contributed by atoms with E-state index in [1.807, 2.05) is 23.1 Å². The van der Waals surface area contributed by atoms with Crippen molar-refractivity contribution in [2.45, 2.75) is 18.9 Å². The molecule has 0 aliphatic carbocycles. The van der Waals surface area contributed by atoms with Crippen LogP contribution < -0.4 is 10.2 Å². The second kappa shape index (κ2) is 11.4. The number of piperazine rings is 1. The molecule has 1 atom stereocenters. The summed E-state index contributed by atoms with van der Waals surface area (Å²) < 4.78 is 53.0. The number of benzene rings is 4. The molecule has 10 heteroatoms. The summed E-state index contributed by atoms with van der Waals surface area (Å²) in [6.45, 7) is 1.81. The van der Waals surface area contributed by atoms with Crippen molar-refractivity contribution in [3.8, 4) is 0 Å². The van der Waals surface area contributed by atoms with Gasteiger partial charge in [0.1, 0.15) is 12.0 Å². The lowest BCUT2D eigenvalue weighted by molar-refractivity contribution is -0.137. The SMILES string of the molecule is O=C(c1cccc(NC2c3ccccc3C(=O)N2Cc2ccc(F)cc2)c1)N1CCN(c2cccc(C(F)(F)F)c2)CC1. The fourth-order valence-corrected chi connectivity index (χ4v) is 5.60. The first-order chi connectivity index (χ1) is 20.7. The van der Waals surface area contributed by atoms with Gasteiger partial charge >= 0.3 is 6.18 Å². The van der Waals surface area contributed by atoms with Crippen molar-refractivity contribution in [2.24, 2.45) is 0 Å². The Morgan fingerprint density at radius 3 is 2.30 bits per heavy atom. The highest BCUT2D eigenvalue weighted by molar-refractivity contribution is 5.99. The monoisotopic (exact) mass is 588 g/mol. The Hall–Kier alpha value is -4.86. The van der Waals surface area contributed by atoms with Crippen LogP contribution in [-0.2, 0) is 12.7 Å². The molecule has 4 aromatic carbocycles. The summed E-state index contributed by atoms with van der Waals surface area (Å²) in [5.74, 6) is -0.685. The molecule has 2 amide bonds. The van der Waals surface area contributed by atoms with E-state index in [4.69, 9.17) is 0 Å². The number of nitrogens with one attached hydrogen (secondary N) is 1. The van der Waals surface area contributed by atoms with Gasteiger partial charge in [-0.05, 0) is 60.2 Å². The zero-order chi connectivity index (χ0) is 30.1. The Kier molecular flexibility index (Phi) is 7.52. The van der Waals surface area contributed by atoms with Crippen LogP contribution in [-0.4, -0.2) is 47.8 Å². The first-order valence-electron chi connectivity index (χ1n) is 13.9. The third-order valence-electron chi connectivity index (χ3n) is 7.84. The van der Waals surface area contributed by atoms with Crippen LogP contribution in [0.2, 0.25) is 0 Å². The number of anilines is 2. The van der Waals surface area contributed by atoms with E-state index >= 15 is 0 Å². The molecule has 0 bridgehead atoms. The van der Waals surface area contributed by atoms with Crippen LogP contribution in [0.4, 0.5) is 28.9 Å². The van der Waals surface area contributed by atoms with E-state index in [0.29, 0.717) is 48.7 Å². The minimum Gasteiger partial charge on any atom is -0.368 e. The van der Waals surface area contributed by atoms with Crippen molar-refractivity contribution in [3.63, 3.8) is 0 Å². The Morgan fingerprint density at radius 1 is 0.837 bits per heavy atom. The molecule has 1 unspecified atom stereocenters. The molecule has 2 aliphatic heterocycles. The summed E-state index contributed by atoms with van der Waals surface area (Å²) >= 11 is 0. The number of nitrogens with zero attached hydrogens (tertiary/aromatic N) is 3. The Bertz CT molecular complexity index is 1650. The Balaban J connectivity index is 1.16. The van der Waals surface area contributed by atoms with Crippen molar-refractivity contribution in [1.82, 2.24) is 9.80 Å². The summed E-state index contributed by atoms with van der Waals surface area (Å²) in [6, 6.07) is 25.6. The number of halogens is 4. The molecule has 0 saturated carbocycles. The number of fused-ring (bicyclic) bond motifs is 1. The van der Waals surface area contributed by atoms with Gasteiger partial charge < -0.3 is 20.0 Å². The smallest absolute Gasteiger partial charge is 0.368 e. The average molecular weight is 589 g/mol. The van der Waals surface area contributed by atoms with Gasteiger partial charge in [0, 0.05) is 60.8 Å². The fraction of sp³-hybridized carbons (Fsp3) is 0.212. The summed E-state index contributed by atoms with van der Waals surface area (Å²) in [6.07, 6.45) is -4.92. The standard InChI is InChI=1S/C33H28F4N4O2/c34-25-13-11-22(12-14-25)21-41-30(28-9-1-2-10-29(28)32(41)43)38-26-7-3-5-23(19-26)31(42)40-17-15-39(16-18-40)27-8-4-6-24(20-27)33(35,36)37/h1-14,19-20,30,38H,15-18,21H2. The molecule has 2 aliphatic rings. The summed E-state index contributed by atoms with van der Waals surface area (Å²) in [7, 11) is 0. The number of carbonyl (C=O) groups excluding carboxylic acids is 2. The van der Waals surface area contributed by atoms with Gasteiger partial charge in [-0.2, -0.15) is 13.2 Å². The molecule has 2 heterocycles. The zero-order valence-corrected chi connectivity index (χ0v) is 23.0. The first-order valence-corrected chi connectivity index (χ1v) is 13.9. The molecular weight excluding hydrogens is 560 g/mol. The highest BCUT2D eigenvalue weighted by Crippen LogP contribution is 2.36. The fourth-order valence-electron chi connectivity index (χ4n) is 5.60. The van der Waals surface area contributed by atoms with Crippen molar-refractivity contribution >= 4 is 23.2 Å². The molecule has 6 rings (SSSR count). The quantitative estimate of drug-likeness (QED) is 0.259. The summed E-state index contributed by atoms with van der Waals surface area (Å²) in [5, 5.41) is 3.41. The number of hydrogen-bond acceptors (Lipinski definition) is 4. The van der Waals surface area contributed by atoms with Crippen LogP contribution in [0, 0.1) is 5.82 Å². The minimum absolute atomic E-state index is 0.150. The van der Waals surface area contributed by atoms with E-state index < -0.39 is 17.9 Å². The lowest BCUT2D eigenvalue weighted by Gasteiger charge is -2.36. The van der Waals surface area contributed by atoms with Crippen molar-refractivity contribution in [3.05, 3.63) is 131 Å². The molecule has 6 nitrogen and oxygen atoms in total. The second-order valence-corrected chi connectivity index (χ2v) is 10.6. The van der Waals surface area contributed by atoms with Crippen LogP contribution in [0.1, 0.15) is 43.6 Å². The summed E-state index contributed by atoms with van der Waals surface area (Å²) in [5.41, 5.74) is 3.04. The van der Waals surface area contributed by atoms with Gasteiger partial charge in [0.25, 0.3) is 11.8 Å². The van der Waals surface area contributed by atoms with E-state index in [1.54, 1.807) is 58.3 Å². The van der Waals surface area contributed by atoms with Crippen LogP contribution >= 0.6 is 0 Å². The van der Waals surface area contributed by atoms with Gasteiger partial charge in [0.2, 0.25) is 0 Å². The maximum absolute atomic E-state index is 13.5. The Morgan fingerprint density at radius 2 is 1.56 bits per heavy atom. The number of carbonyl (C=O) groups is 2. The average Bonchev–Trinajstić information content (AvgIpc) is 3.27. The first kappa shape index (κ1) is 28.3. The van der Waals surface area contributed by atoms with Crippen LogP contribution in [0.5, 0.6) is 0 Å². The lowest BCUT2D eigenvalue weighted by Crippen LogP contribution is -2.48. The third-order valence-corrected chi connectivity index (χ3v) is 7.84. The van der Waals surface area contributed by atoms with Crippen LogP contribution in [0.3, 0.4) is 0 Å². The van der Waals surface area contributed by atoms with E-state index in [2.05, 4.69) is 5.32 Å². The molecule has 0 spiro atoms. The molecule has 43 heavy (non-hydrogen) atoms. The number of amides is 2. The largest absolute Gasteiger partial charge is 0.416 e. The zero-order valence-electron chi connectivity index (χ0n) is 23.0. The third kappa shape index (κ3) is 5.90. The van der Waals surface area contributed by atoms with E-state index in [-0.39, 0.29) is 24.2 Å².